The number of benzene rings is 1. The van der Waals surface area contributed by atoms with E-state index < -0.39 is 8.80 Å². The van der Waals surface area contributed by atoms with Crippen LogP contribution in [0.15, 0.2) is 24.4 Å². The van der Waals surface area contributed by atoms with Gasteiger partial charge in [-0.3, -0.25) is 5.10 Å². The lowest BCUT2D eigenvalue weighted by atomic mass is 10.2. The van der Waals surface area contributed by atoms with Gasteiger partial charge >= 0.3 is 0 Å². The van der Waals surface area contributed by atoms with Crippen LogP contribution in [0.4, 0.5) is 0 Å². The molecular formula is C17H30N2Si. The number of rotatable bonds is 3. The maximum absolute atomic E-state index is 3.92. The molecule has 0 saturated heterocycles. The maximum atomic E-state index is 3.92. The van der Waals surface area contributed by atoms with Gasteiger partial charge in [0.1, 0.15) is 0 Å². The smallest absolute Gasteiger partial charge is 0.0650 e. The Labute approximate surface area is 125 Å². The van der Waals surface area contributed by atoms with E-state index in [0.29, 0.717) is 0 Å². The van der Waals surface area contributed by atoms with E-state index in [1.165, 1.54) is 10.9 Å². The Balaban J connectivity index is 0.000000200. The number of aromatic amines is 1. The molecule has 0 unspecified atom stereocenters. The maximum Gasteiger partial charge on any atom is 0.0650 e. The highest BCUT2D eigenvalue weighted by molar-refractivity contribution is 6.63. The number of hydrogen-bond acceptors (Lipinski definition) is 1. The molecule has 0 saturated carbocycles. The minimum absolute atomic E-state index is 0.454. The lowest BCUT2D eigenvalue weighted by Gasteiger charge is -2.26. The summed E-state index contributed by atoms with van der Waals surface area (Å²) < 4.78 is 0. The van der Waals surface area contributed by atoms with E-state index in [9.17, 15) is 0 Å². The molecule has 0 atom stereocenters. The number of aromatic nitrogens is 2. The highest BCUT2D eigenvalue weighted by Gasteiger charge is 2.22. The zero-order valence-corrected chi connectivity index (χ0v) is 15.2. The number of nitrogens with zero attached hydrogens (tertiary/aromatic N) is 1. The van der Waals surface area contributed by atoms with Gasteiger partial charge in [0.25, 0.3) is 0 Å². The van der Waals surface area contributed by atoms with Gasteiger partial charge in [-0.05, 0) is 19.1 Å². The molecule has 112 valence electrons. The lowest BCUT2D eigenvalue weighted by Crippen LogP contribution is -2.24. The van der Waals surface area contributed by atoms with Crippen LogP contribution in [0.25, 0.3) is 10.9 Å². The molecule has 0 fully saturated rings. The highest BCUT2D eigenvalue weighted by Crippen LogP contribution is 2.29. The Bertz CT molecular complexity index is 495. The molecular weight excluding hydrogens is 260 g/mol. The van der Waals surface area contributed by atoms with Crippen LogP contribution in [0.3, 0.4) is 0 Å². The Morgan fingerprint density at radius 1 is 0.950 bits per heavy atom. The van der Waals surface area contributed by atoms with E-state index >= 15 is 0 Å². The number of hydrogen-bond donors (Lipinski definition) is 1. The zero-order chi connectivity index (χ0) is 15.3. The molecule has 20 heavy (non-hydrogen) atoms. The number of nitrogens with one attached hydrogen (secondary N) is 1. The fraction of sp³-hybridized carbons (Fsp3) is 0.588. The third kappa shape index (κ3) is 4.78. The van der Waals surface area contributed by atoms with E-state index in [4.69, 9.17) is 0 Å². The normalized spacial score (nSPS) is 11.6. The van der Waals surface area contributed by atoms with Crippen LogP contribution in [-0.2, 0) is 0 Å². The van der Waals surface area contributed by atoms with Crippen molar-refractivity contribution in [1.29, 1.82) is 0 Å². The molecule has 1 N–H and O–H groups in total. The number of aryl methyl sites for hydroxylation is 1. The van der Waals surface area contributed by atoms with Crippen LogP contribution >= 0.6 is 0 Å². The van der Waals surface area contributed by atoms with Gasteiger partial charge in [-0.1, -0.05) is 69.8 Å². The summed E-state index contributed by atoms with van der Waals surface area (Å²) in [6.07, 6.45) is 1.84. The average Bonchev–Trinajstić information content (AvgIpc) is 2.74. The van der Waals surface area contributed by atoms with E-state index in [-0.39, 0.29) is 0 Å². The van der Waals surface area contributed by atoms with Gasteiger partial charge in [0.15, 0.2) is 0 Å². The van der Waals surface area contributed by atoms with E-state index in [1.807, 2.05) is 12.3 Å². The molecule has 0 bridgehead atoms. The van der Waals surface area contributed by atoms with Crippen LogP contribution in [0.2, 0.25) is 16.6 Å². The molecule has 1 heterocycles. The Morgan fingerprint density at radius 3 is 1.95 bits per heavy atom. The zero-order valence-electron chi connectivity index (χ0n) is 14.1. The van der Waals surface area contributed by atoms with Crippen LogP contribution in [0.1, 0.15) is 47.1 Å². The lowest BCUT2D eigenvalue weighted by molar-refractivity contribution is 0.863. The first-order valence-corrected chi connectivity index (χ1v) is 9.72. The summed E-state index contributed by atoms with van der Waals surface area (Å²) in [6.45, 7) is 16.4. The predicted molar refractivity (Wildman–Crippen MR) is 93.3 cm³/mol. The summed E-state index contributed by atoms with van der Waals surface area (Å²) >= 11 is 0. The standard InChI is InChI=1S/C9H22Si.C8H8N2/c1-7(2)10(8(3)4)9(5)6;1-6-2-3-8-7(4-6)5-9-10-8/h7-10H,1-6H3;2-5H,1H3,(H,9,10). The van der Waals surface area contributed by atoms with Gasteiger partial charge in [-0.2, -0.15) is 5.10 Å². The van der Waals surface area contributed by atoms with Crippen molar-refractivity contribution in [3.8, 4) is 0 Å². The van der Waals surface area contributed by atoms with E-state index in [1.54, 1.807) is 0 Å². The van der Waals surface area contributed by atoms with Crippen molar-refractivity contribution in [3.05, 3.63) is 30.0 Å². The molecule has 2 rings (SSSR count). The van der Waals surface area contributed by atoms with Gasteiger partial charge < -0.3 is 0 Å². The Hall–Kier alpha value is -1.09. The monoisotopic (exact) mass is 290 g/mol. The molecule has 0 aliphatic heterocycles. The topological polar surface area (TPSA) is 28.7 Å². The summed E-state index contributed by atoms with van der Waals surface area (Å²) in [7, 11) is -0.454. The van der Waals surface area contributed by atoms with E-state index in [0.717, 1.165) is 22.1 Å². The summed E-state index contributed by atoms with van der Waals surface area (Å²) in [6, 6.07) is 6.22. The molecule has 0 spiro atoms. The van der Waals surface area contributed by atoms with Crippen molar-refractivity contribution in [1.82, 2.24) is 10.2 Å². The molecule has 3 heteroatoms. The summed E-state index contributed by atoms with van der Waals surface area (Å²) in [5.41, 5.74) is 5.29. The summed E-state index contributed by atoms with van der Waals surface area (Å²) in [5.74, 6) is 0. The van der Waals surface area contributed by atoms with Gasteiger partial charge in [0.2, 0.25) is 0 Å². The van der Waals surface area contributed by atoms with Crippen molar-refractivity contribution in [2.45, 2.75) is 65.1 Å². The van der Waals surface area contributed by atoms with Gasteiger partial charge in [0.05, 0.1) is 11.7 Å². The SMILES string of the molecule is CC(C)[SiH](C(C)C)C(C)C.Cc1ccc2[nH]ncc2c1. The molecule has 0 aliphatic rings. The Kier molecular flexibility index (Phi) is 6.47. The van der Waals surface area contributed by atoms with Crippen molar-refractivity contribution < 1.29 is 0 Å². The minimum atomic E-state index is -0.454. The molecule has 2 nitrogen and oxygen atoms in total. The molecule has 1 aromatic heterocycles. The number of fused-ring (bicyclic) bond motifs is 1. The van der Waals surface area contributed by atoms with Gasteiger partial charge in [-0.25, -0.2) is 0 Å². The first-order valence-electron chi connectivity index (χ1n) is 7.72. The van der Waals surface area contributed by atoms with Crippen LogP contribution in [0.5, 0.6) is 0 Å². The second kappa shape index (κ2) is 7.63. The third-order valence-corrected chi connectivity index (χ3v) is 8.52. The second-order valence-corrected chi connectivity index (χ2v) is 11.9. The molecule has 1 aromatic carbocycles. The number of H-pyrrole nitrogens is 1. The average molecular weight is 291 g/mol. The third-order valence-electron chi connectivity index (χ3n) is 3.91. The van der Waals surface area contributed by atoms with Crippen LogP contribution < -0.4 is 0 Å². The van der Waals surface area contributed by atoms with Gasteiger partial charge in [-0.15, -0.1) is 0 Å². The fourth-order valence-corrected chi connectivity index (χ4v) is 7.99. The fourth-order valence-electron chi connectivity index (χ4n) is 3.37. The van der Waals surface area contributed by atoms with Crippen molar-refractivity contribution in [2.75, 3.05) is 0 Å². The van der Waals surface area contributed by atoms with Crippen molar-refractivity contribution in [2.24, 2.45) is 0 Å². The first-order chi connectivity index (χ1) is 9.32. The van der Waals surface area contributed by atoms with Crippen LogP contribution in [-0.4, -0.2) is 19.0 Å². The largest absolute Gasteiger partial charge is 0.278 e. The molecule has 0 amide bonds. The highest BCUT2D eigenvalue weighted by atomic mass is 28.3. The summed E-state index contributed by atoms with van der Waals surface area (Å²) in [5, 5.41) is 7.99. The summed E-state index contributed by atoms with van der Waals surface area (Å²) in [4.78, 5) is 0. The quantitative estimate of drug-likeness (QED) is 0.762. The second-order valence-electron chi connectivity index (χ2n) is 6.77. The minimum Gasteiger partial charge on any atom is -0.278 e. The first kappa shape index (κ1) is 17.0. The van der Waals surface area contributed by atoms with Crippen LogP contribution in [0, 0.1) is 6.92 Å². The molecule has 0 aliphatic carbocycles. The predicted octanol–water partition coefficient (Wildman–Crippen LogP) is 5.31. The van der Waals surface area contributed by atoms with E-state index in [2.05, 4.69) is 70.8 Å². The van der Waals surface area contributed by atoms with Gasteiger partial charge in [0, 0.05) is 14.2 Å². The van der Waals surface area contributed by atoms with Crippen molar-refractivity contribution in [3.63, 3.8) is 0 Å². The molecule has 2 aromatic rings. The van der Waals surface area contributed by atoms with Crippen molar-refractivity contribution >= 4 is 19.7 Å². The molecule has 0 radical (unpaired) electrons. The Morgan fingerprint density at radius 2 is 1.50 bits per heavy atom.